The van der Waals surface area contributed by atoms with Crippen molar-refractivity contribution in [3.8, 4) is 5.75 Å². The lowest BCUT2D eigenvalue weighted by Gasteiger charge is -2.53. The normalized spacial score (nSPS) is 21.5. The van der Waals surface area contributed by atoms with Crippen LogP contribution in [0.4, 0.5) is 15.8 Å². The predicted octanol–water partition coefficient (Wildman–Crippen LogP) is 4.33. The van der Waals surface area contributed by atoms with Gasteiger partial charge < -0.3 is 10.5 Å². The first-order valence-corrected chi connectivity index (χ1v) is 9.30. The average molecular weight is 352 g/mol. The lowest BCUT2D eigenvalue weighted by molar-refractivity contribution is 0.189. The molecule has 3 rings (SSSR count). The monoisotopic (exact) mass is 352 g/mol. The Balaban J connectivity index is 2.13. The van der Waals surface area contributed by atoms with E-state index in [4.69, 9.17) is 10.5 Å². The van der Waals surface area contributed by atoms with Gasteiger partial charge in [-0.2, -0.15) is 0 Å². The standard InChI is InChI=1S/C17H21FN2O3S/c1-12(9-10-19)17-23-16-8-3-2-7-15(16)20(24(17,21)22)14-6-4-5-13(18)11-14/h2-8,11-12,17,21-22H,9-10,19H2,1H3. The highest BCUT2D eigenvalue weighted by molar-refractivity contribution is 8.26. The third-order valence-electron chi connectivity index (χ3n) is 4.04. The topological polar surface area (TPSA) is 79.0 Å². The smallest absolute Gasteiger partial charge is 0.209 e. The number of para-hydroxylation sites is 2. The van der Waals surface area contributed by atoms with Crippen LogP contribution in [0.25, 0.3) is 0 Å². The Bertz CT molecular complexity index is 728. The molecule has 4 N–H and O–H groups in total. The van der Waals surface area contributed by atoms with E-state index in [1.54, 1.807) is 24.3 Å². The number of ether oxygens (including phenoxy) is 1. The third kappa shape index (κ3) is 2.95. The molecule has 0 amide bonds. The number of rotatable bonds is 4. The van der Waals surface area contributed by atoms with Crippen molar-refractivity contribution >= 4 is 22.2 Å². The van der Waals surface area contributed by atoms with Crippen LogP contribution in [0.2, 0.25) is 0 Å². The molecule has 0 saturated carbocycles. The molecule has 2 aromatic carbocycles. The summed E-state index contributed by atoms with van der Waals surface area (Å²) in [7, 11) is -3.38. The Morgan fingerprint density at radius 3 is 2.71 bits per heavy atom. The molecule has 0 spiro atoms. The van der Waals surface area contributed by atoms with Gasteiger partial charge in [-0.25, -0.2) is 8.70 Å². The van der Waals surface area contributed by atoms with E-state index in [-0.39, 0.29) is 5.92 Å². The van der Waals surface area contributed by atoms with Crippen molar-refractivity contribution in [2.45, 2.75) is 18.8 Å². The molecule has 0 aromatic heterocycles. The molecular weight excluding hydrogens is 331 g/mol. The minimum absolute atomic E-state index is 0.176. The van der Waals surface area contributed by atoms with Crippen LogP contribution in [0.15, 0.2) is 48.5 Å². The molecule has 2 atom stereocenters. The van der Waals surface area contributed by atoms with E-state index in [1.807, 2.05) is 13.0 Å². The maximum Gasteiger partial charge on any atom is 0.209 e. The van der Waals surface area contributed by atoms with Gasteiger partial charge in [-0.1, -0.05) is 35.9 Å². The quantitative estimate of drug-likeness (QED) is 0.763. The van der Waals surface area contributed by atoms with E-state index in [0.717, 1.165) is 0 Å². The lowest BCUT2D eigenvalue weighted by atomic mass is 10.1. The number of nitrogens with two attached hydrogens (primary N) is 1. The minimum Gasteiger partial charge on any atom is -0.466 e. The molecule has 24 heavy (non-hydrogen) atoms. The van der Waals surface area contributed by atoms with Crippen LogP contribution in [0.1, 0.15) is 13.3 Å². The number of fused-ring (bicyclic) bond motifs is 1. The van der Waals surface area contributed by atoms with E-state index >= 15 is 0 Å². The molecule has 0 fully saturated rings. The van der Waals surface area contributed by atoms with Gasteiger partial charge in [-0.3, -0.25) is 9.11 Å². The highest BCUT2D eigenvalue weighted by atomic mass is 32.3. The Labute approximate surface area is 142 Å². The van der Waals surface area contributed by atoms with Gasteiger partial charge >= 0.3 is 0 Å². The highest BCUT2D eigenvalue weighted by Gasteiger charge is 2.43. The zero-order valence-electron chi connectivity index (χ0n) is 13.3. The fraction of sp³-hybridized carbons (Fsp3) is 0.294. The Hall–Kier alpha value is -1.80. The molecule has 5 nitrogen and oxygen atoms in total. The van der Waals surface area contributed by atoms with E-state index in [9.17, 15) is 13.5 Å². The summed E-state index contributed by atoms with van der Waals surface area (Å²) in [5.41, 5.74) is 5.63. The Kier molecular flexibility index (Phi) is 4.69. The van der Waals surface area contributed by atoms with E-state index in [2.05, 4.69) is 0 Å². The van der Waals surface area contributed by atoms with E-state index in [0.29, 0.717) is 30.1 Å². The highest BCUT2D eigenvalue weighted by Crippen LogP contribution is 2.62. The van der Waals surface area contributed by atoms with Gasteiger partial charge in [-0.05, 0) is 43.3 Å². The minimum atomic E-state index is -3.38. The summed E-state index contributed by atoms with van der Waals surface area (Å²) in [6.07, 6.45) is 0.583. The van der Waals surface area contributed by atoms with Crippen LogP contribution < -0.4 is 14.8 Å². The second-order valence-electron chi connectivity index (χ2n) is 5.84. The summed E-state index contributed by atoms with van der Waals surface area (Å²) in [4.78, 5) is 0. The van der Waals surface area contributed by atoms with Gasteiger partial charge in [0.15, 0.2) is 0 Å². The van der Waals surface area contributed by atoms with Crippen molar-refractivity contribution < 1.29 is 18.2 Å². The number of hydrogen-bond acceptors (Lipinski definition) is 5. The fourth-order valence-electron chi connectivity index (χ4n) is 2.89. The zero-order valence-corrected chi connectivity index (χ0v) is 14.1. The molecule has 1 aliphatic heterocycles. The maximum absolute atomic E-state index is 13.7. The molecule has 1 heterocycles. The average Bonchev–Trinajstić information content (AvgIpc) is 2.53. The third-order valence-corrected chi connectivity index (χ3v) is 6.17. The first-order chi connectivity index (χ1) is 11.4. The molecular formula is C17H21FN2O3S. The summed E-state index contributed by atoms with van der Waals surface area (Å²) < 4.78 is 42.9. The van der Waals surface area contributed by atoms with Crippen LogP contribution >= 0.6 is 10.8 Å². The van der Waals surface area contributed by atoms with Crippen LogP contribution in [0, 0.1) is 11.7 Å². The van der Waals surface area contributed by atoms with Crippen molar-refractivity contribution in [1.82, 2.24) is 0 Å². The SMILES string of the molecule is CC(CCN)C1Oc2ccccc2N(c2cccc(F)c2)S1(O)O. The molecule has 130 valence electrons. The Morgan fingerprint density at radius 2 is 2.00 bits per heavy atom. The summed E-state index contributed by atoms with van der Waals surface area (Å²) in [6, 6.07) is 12.8. The van der Waals surface area contributed by atoms with Gasteiger partial charge in [0.25, 0.3) is 0 Å². The molecule has 2 aromatic rings. The van der Waals surface area contributed by atoms with Crippen LogP contribution in [-0.2, 0) is 0 Å². The van der Waals surface area contributed by atoms with Gasteiger partial charge in [0.1, 0.15) is 17.3 Å². The molecule has 1 aliphatic rings. The maximum atomic E-state index is 13.7. The number of halogens is 1. The van der Waals surface area contributed by atoms with Crippen LogP contribution in [-0.4, -0.2) is 21.1 Å². The Morgan fingerprint density at radius 1 is 1.25 bits per heavy atom. The number of nitrogens with zero attached hydrogens (tertiary/aromatic N) is 1. The van der Waals surface area contributed by atoms with Crippen molar-refractivity contribution in [3.63, 3.8) is 0 Å². The molecule has 0 saturated heterocycles. The summed E-state index contributed by atoms with van der Waals surface area (Å²) >= 11 is 0. The number of anilines is 2. The van der Waals surface area contributed by atoms with Crippen molar-refractivity contribution in [2.75, 3.05) is 10.8 Å². The first-order valence-electron chi connectivity index (χ1n) is 7.74. The first kappa shape index (κ1) is 17.0. The van der Waals surface area contributed by atoms with Crippen molar-refractivity contribution in [1.29, 1.82) is 0 Å². The van der Waals surface area contributed by atoms with Crippen molar-refractivity contribution in [3.05, 3.63) is 54.3 Å². The van der Waals surface area contributed by atoms with Crippen LogP contribution in [0.3, 0.4) is 0 Å². The predicted molar refractivity (Wildman–Crippen MR) is 95.1 cm³/mol. The van der Waals surface area contributed by atoms with Gasteiger partial charge in [-0.15, -0.1) is 0 Å². The molecule has 0 aliphatic carbocycles. The molecule has 2 unspecified atom stereocenters. The second-order valence-corrected chi connectivity index (χ2v) is 7.80. The van der Waals surface area contributed by atoms with Crippen molar-refractivity contribution in [2.24, 2.45) is 11.7 Å². The van der Waals surface area contributed by atoms with E-state index in [1.165, 1.54) is 22.5 Å². The molecule has 7 heteroatoms. The summed E-state index contributed by atoms with van der Waals surface area (Å²) in [5.74, 6) is -0.0931. The van der Waals surface area contributed by atoms with Gasteiger partial charge in [0.2, 0.25) is 5.44 Å². The molecule has 0 bridgehead atoms. The van der Waals surface area contributed by atoms with E-state index < -0.39 is 22.0 Å². The summed E-state index contributed by atoms with van der Waals surface area (Å²) in [5, 5.41) is 0. The summed E-state index contributed by atoms with van der Waals surface area (Å²) in [6.45, 7) is 2.28. The van der Waals surface area contributed by atoms with Gasteiger partial charge in [0, 0.05) is 5.92 Å². The zero-order chi connectivity index (χ0) is 17.3. The molecule has 0 radical (unpaired) electrons. The van der Waals surface area contributed by atoms with Crippen LogP contribution in [0.5, 0.6) is 5.75 Å². The second kappa shape index (κ2) is 6.60. The number of benzene rings is 2. The lowest BCUT2D eigenvalue weighted by Crippen LogP contribution is -2.43. The fourth-order valence-corrected chi connectivity index (χ4v) is 4.95. The van der Waals surface area contributed by atoms with Gasteiger partial charge in [0.05, 0.1) is 5.69 Å². The largest absolute Gasteiger partial charge is 0.466 e. The number of hydrogen-bond donors (Lipinski definition) is 3.